The van der Waals surface area contributed by atoms with E-state index >= 15 is 0 Å². The lowest BCUT2D eigenvalue weighted by Gasteiger charge is -2.25. The Labute approximate surface area is 127 Å². The van der Waals surface area contributed by atoms with Crippen LogP contribution in [0.4, 0.5) is 4.39 Å². The van der Waals surface area contributed by atoms with Gasteiger partial charge in [-0.15, -0.1) is 0 Å². The number of benzene rings is 1. The van der Waals surface area contributed by atoms with Crippen molar-refractivity contribution in [2.75, 3.05) is 0 Å². The number of aromatic nitrogens is 2. The van der Waals surface area contributed by atoms with Crippen molar-refractivity contribution in [3.05, 3.63) is 51.5 Å². The predicted molar refractivity (Wildman–Crippen MR) is 81.9 cm³/mol. The second kappa shape index (κ2) is 5.66. The molecule has 3 nitrogen and oxygen atoms in total. The third kappa shape index (κ3) is 2.94. The van der Waals surface area contributed by atoms with E-state index in [1.54, 1.807) is 6.07 Å². The van der Waals surface area contributed by atoms with Gasteiger partial charge in [0.2, 0.25) is 0 Å². The summed E-state index contributed by atoms with van der Waals surface area (Å²) >= 11 is 3.59. The van der Waals surface area contributed by atoms with Crippen molar-refractivity contribution in [2.45, 2.75) is 32.2 Å². The van der Waals surface area contributed by atoms with Gasteiger partial charge >= 0.3 is 0 Å². The van der Waals surface area contributed by atoms with Gasteiger partial charge in [0.05, 0.1) is 15.9 Å². The standard InChI is InChI=1S/C15H19BrFN3/c1-4-12-14(16)13(20(3)19-12)9-15(2,18)10-6-5-7-11(17)8-10/h5-8H,4,9,18H2,1-3H3. The molecule has 5 heteroatoms. The normalized spacial score (nSPS) is 14.3. The lowest BCUT2D eigenvalue weighted by Crippen LogP contribution is -2.36. The van der Waals surface area contributed by atoms with Gasteiger partial charge in [-0.1, -0.05) is 19.1 Å². The van der Waals surface area contributed by atoms with Crippen molar-refractivity contribution >= 4 is 15.9 Å². The summed E-state index contributed by atoms with van der Waals surface area (Å²) in [4.78, 5) is 0. The number of hydrogen-bond donors (Lipinski definition) is 1. The molecule has 2 rings (SSSR count). The first-order valence-electron chi connectivity index (χ1n) is 6.60. The van der Waals surface area contributed by atoms with Crippen LogP contribution in [0.25, 0.3) is 0 Å². The molecule has 0 aliphatic carbocycles. The highest BCUT2D eigenvalue weighted by atomic mass is 79.9. The number of hydrogen-bond acceptors (Lipinski definition) is 2. The first-order chi connectivity index (χ1) is 9.35. The average molecular weight is 340 g/mol. The minimum Gasteiger partial charge on any atom is -0.321 e. The maximum atomic E-state index is 13.4. The zero-order chi connectivity index (χ0) is 14.9. The smallest absolute Gasteiger partial charge is 0.123 e. The van der Waals surface area contributed by atoms with Crippen LogP contribution in [0.5, 0.6) is 0 Å². The van der Waals surface area contributed by atoms with Gasteiger partial charge in [-0.3, -0.25) is 4.68 Å². The number of aryl methyl sites for hydroxylation is 2. The molecule has 0 spiro atoms. The molecule has 1 atom stereocenters. The molecule has 0 saturated carbocycles. The fourth-order valence-electron chi connectivity index (χ4n) is 2.31. The maximum absolute atomic E-state index is 13.4. The van der Waals surface area contributed by atoms with E-state index < -0.39 is 5.54 Å². The molecule has 108 valence electrons. The van der Waals surface area contributed by atoms with Crippen molar-refractivity contribution in [3.8, 4) is 0 Å². The van der Waals surface area contributed by atoms with E-state index in [-0.39, 0.29) is 5.82 Å². The summed E-state index contributed by atoms with van der Waals surface area (Å²) in [6, 6.07) is 6.46. The predicted octanol–water partition coefficient (Wildman–Crippen LogP) is 3.30. The van der Waals surface area contributed by atoms with Gasteiger partial charge in [0.15, 0.2) is 0 Å². The molecule has 0 aliphatic heterocycles. The molecule has 0 fully saturated rings. The molecular weight excluding hydrogens is 321 g/mol. The van der Waals surface area contributed by atoms with E-state index in [9.17, 15) is 4.39 Å². The molecule has 0 aliphatic rings. The Morgan fingerprint density at radius 3 is 2.70 bits per heavy atom. The second-order valence-electron chi connectivity index (χ2n) is 5.29. The van der Waals surface area contributed by atoms with E-state index in [1.807, 2.05) is 24.7 Å². The van der Waals surface area contributed by atoms with Crippen LogP contribution in [-0.4, -0.2) is 9.78 Å². The Morgan fingerprint density at radius 1 is 1.45 bits per heavy atom. The molecule has 2 N–H and O–H groups in total. The third-order valence-electron chi connectivity index (χ3n) is 3.52. The molecule has 1 heterocycles. The fourth-order valence-corrected chi connectivity index (χ4v) is 3.06. The van der Waals surface area contributed by atoms with Crippen molar-refractivity contribution in [2.24, 2.45) is 12.8 Å². The van der Waals surface area contributed by atoms with Crippen LogP contribution >= 0.6 is 15.9 Å². The van der Waals surface area contributed by atoms with Gasteiger partial charge in [-0.2, -0.15) is 5.10 Å². The lowest BCUT2D eigenvalue weighted by atomic mass is 9.88. The van der Waals surface area contributed by atoms with Crippen LogP contribution in [0.15, 0.2) is 28.7 Å². The van der Waals surface area contributed by atoms with Crippen LogP contribution in [0.1, 0.15) is 30.8 Å². The van der Waals surface area contributed by atoms with E-state index in [0.29, 0.717) is 6.42 Å². The first kappa shape index (κ1) is 15.2. The Kier molecular flexibility index (Phi) is 4.30. The number of rotatable bonds is 4. The minimum atomic E-state index is -0.649. The summed E-state index contributed by atoms with van der Waals surface area (Å²) in [5.74, 6) is -0.266. The van der Waals surface area contributed by atoms with Gasteiger partial charge in [-0.25, -0.2) is 4.39 Å². The van der Waals surface area contributed by atoms with Gasteiger partial charge in [-0.05, 0) is 47.0 Å². The Morgan fingerprint density at radius 2 is 2.15 bits per heavy atom. The monoisotopic (exact) mass is 339 g/mol. The van der Waals surface area contributed by atoms with Gasteiger partial charge < -0.3 is 5.73 Å². The van der Waals surface area contributed by atoms with Crippen molar-refractivity contribution in [1.82, 2.24) is 9.78 Å². The van der Waals surface area contributed by atoms with E-state index in [4.69, 9.17) is 5.73 Å². The van der Waals surface area contributed by atoms with Crippen LogP contribution in [-0.2, 0) is 25.4 Å². The van der Waals surface area contributed by atoms with Crippen LogP contribution in [0, 0.1) is 5.82 Å². The quantitative estimate of drug-likeness (QED) is 0.928. The summed E-state index contributed by atoms with van der Waals surface area (Å²) < 4.78 is 16.2. The summed E-state index contributed by atoms with van der Waals surface area (Å²) in [6.45, 7) is 3.97. The van der Waals surface area contributed by atoms with Gasteiger partial charge in [0, 0.05) is 19.0 Å². The van der Waals surface area contributed by atoms with Crippen LogP contribution in [0.2, 0.25) is 0 Å². The first-order valence-corrected chi connectivity index (χ1v) is 7.39. The minimum absolute atomic E-state index is 0.266. The van der Waals surface area contributed by atoms with Crippen LogP contribution < -0.4 is 5.73 Å². The molecule has 2 aromatic rings. The number of nitrogens with zero attached hydrogens (tertiary/aromatic N) is 2. The summed E-state index contributed by atoms with van der Waals surface area (Å²) in [5, 5.41) is 4.46. The lowest BCUT2D eigenvalue weighted by molar-refractivity contribution is 0.467. The van der Waals surface area contributed by atoms with Crippen molar-refractivity contribution < 1.29 is 4.39 Å². The van der Waals surface area contributed by atoms with Gasteiger partial charge in [0.25, 0.3) is 0 Å². The third-order valence-corrected chi connectivity index (χ3v) is 4.44. The molecule has 1 aromatic carbocycles. The van der Waals surface area contributed by atoms with E-state index in [2.05, 4.69) is 28.0 Å². The highest BCUT2D eigenvalue weighted by Gasteiger charge is 2.26. The van der Waals surface area contributed by atoms with Gasteiger partial charge in [0.1, 0.15) is 5.82 Å². The van der Waals surface area contributed by atoms with Crippen molar-refractivity contribution in [1.29, 1.82) is 0 Å². The topological polar surface area (TPSA) is 43.8 Å². The Bertz CT molecular complexity index is 620. The maximum Gasteiger partial charge on any atom is 0.123 e. The molecule has 0 radical (unpaired) electrons. The molecule has 1 unspecified atom stereocenters. The highest BCUT2D eigenvalue weighted by molar-refractivity contribution is 9.10. The zero-order valence-corrected chi connectivity index (χ0v) is 13.5. The molecule has 1 aromatic heterocycles. The summed E-state index contributed by atoms with van der Waals surface area (Å²) in [6.07, 6.45) is 1.44. The SMILES string of the molecule is CCc1nn(C)c(CC(C)(N)c2cccc(F)c2)c1Br. The largest absolute Gasteiger partial charge is 0.321 e. The molecule has 20 heavy (non-hydrogen) atoms. The number of nitrogens with two attached hydrogens (primary N) is 1. The van der Waals surface area contributed by atoms with Crippen molar-refractivity contribution in [3.63, 3.8) is 0 Å². The summed E-state index contributed by atoms with van der Waals surface area (Å²) in [7, 11) is 1.90. The second-order valence-corrected chi connectivity index (χ2v) is 6.08. The Balaban J connectivity index is 2.35. The molecular formula is C15H19BrFN3. The zero-order valence-electron chi connectivity index (χ0n) is 12.0. The fraction of sp³-hybridized carbons (Fsp3) is 0.400. The molecule has 0 amide bonds. The highest BCUT2D eigenvalue weighted by Crippen LogP contribution is 2.29. The number of halogens is 2. The van der Waals surface area contributed by atoms with E-state index in [0.717, 1.165) is 27.8 Å². The summed E-state index contributed by atoms with van der Waals surface area (Å²) in [5.41, 5.74) is 8.57. The molecule has 0 saturated heterocycles. The van der Waals surface area contributed by atoms with Crippen LogP contribution in [0.3, 0.4) is 0 Å². The average Bonchev–Trinajstić information content (AvgIpc) is 2.66. The Hall–Kier alpha value is -1.20. The molecule has 0 bridgehead atoms. The van der Waals surface area contributed by atoms with E-state index in [1.165, 1.54) is 12.1 Å².